The number of carbonyl (C=O) groups excluding carboxylic acids is 2. The number of hydrogen-bond acceptors (Lipinski definition) is 8. The molecule has 4 unspecified atom stereocenters. The molecule has 0 spiro atoms. The molecule has 0 aromatic heterocycles. The number of ether oxygens (including phenoxy) is 2. The zero-order valence-electron chi connectivity index (χ0n) is 43.1. The lowest BCUT2D eigenvalue weighted by Gasteiger charge is -2.20. The third kappa shape index (κ3) is 40.1. The molecular weight excluding hydrogens is 820 g/mol. The molecule has 1 aliphatic heterocycles. The summed E-state index contributed by atoms with van der Waals surface area (Å²) < 4.78 is 37.7. The predicted octanol–water partition coefficient (Wildman–Crippen LogP) is 16.4. The van der Waals surface area contributed by atoms with E-state index in [1.807, 2.05) is 14.1 Å². The van der Waals surface area contributed by atoms with Crippen molar-refractivity contribution in [3.8, 4) is 0 Å². The highest BCUT2D eigenvalue weighted by atomic mass is 31.2. The molecule has 1 rings (SSSR count). The molecule has 0 aromatic carbocycles. The second kappa shape index (κ2) is 44.5. The standard InChI is InChI=1S/C54H107N2O7P/c1-6-8-10-12-18-29-40-51-42-31-20-14-17-27-38-50(3)39-28-23-24-32-43-52(41-30-19-13-11-9-7-2)63-54(58)45-34-22-16-26-36-49-61-64(59,55-46-37-47-56(4)5)60-48-35-25-15-21-33-44-53(57)62-51/h50-52H,6-49H2,1-5H3,(H,55,59). The first kappa shape index (κ1) is 61.0. The summed E-state index contributed by atoms with van der Waals surface area (Å²) in [7, 11) is 0.668. The van der Waals surface area contributed by atoms with Crippen molar-refractivity contribution in [2.45, 2.75) is 290 Å². The fourth-order valence-corrected chi connectivity index (χ4v) is 10.4. The zero-order chi connectivity index (χ0) is 46.6. The molecule has 0 saturated carbocycles. The smallest absolute Gasteiger partial charge is 0.405 e. The molecule has 0 aliphatic carbocycles. The van der Waals surface area contributed by atoms with Gasteiger partial charge in [-0.1, -0.05) is 181 Å². The van der Waals surface area contributed by atoms with E-state index in [9.17, 15) is 14.2 Å². The maximum absolute atomic E-state index is 13.7. The predicted molar refractivity (Wildman–Crippen MR) is 271 cm³/mol. The Balaban J connectivity index is 2.75. The molecule has 1 aliphatic rings. The highest BCUT2D eigenvalue weighted by Gasteiger charge is 2.24. The Labute approximate surface area is 397 Å². The zero-order valence-corrected chi connectivity index (χ0v) is 44.0. The monoisotopic (exact) mass is 927 g/mol. The molecule has 0 amide bonds. The summed E-state index contributed by atoms with van der Waals surface area (Å²) in [4.78, 5) is 28.0. The van der Waals surface area contributed by atoms with Gasteiger partial charge in [-0.25, -0.2) is 9.65 Å². The maximum atomic E-state index is 13.7. The molecule has 0 aromatic rings. The Morgan fingerprint density at radius 3 is 1.31 bits per heavy atom. The largest absolute Gasteiger partial charge is 0.462 e. The van der Waals surface area contributed by atoms with Gasteiger partial charge < -0.3 is 14.4 Å². The quantitative estimate of drug-likeness (QED) is 0.0770. The average Bonchev–Trinajstić information content (AvgIpc) is 3.26. The Morgan fingerprint density at radius 1 is 0.500 bits per heavy atom. The summed E-state index contributed by atoms with van der Waals surface area (Å²) in [5, 5.41) is 3.11. The van der Waals surface area contributed by atoms with Crippen LogP contribution in [0, 0.1) is 5.92 Å². The number of cyclic esters (lactones) is 2. The minimum Gasteiger partial charge on any atom is -0.462 e. The van der Waals surface area contributed by atoms with Crippen LogP contribution in [-0.2, 0) is 32.7 Å². The molecule has 1 heterocycles. The molecular formula is C54H107N2O7P. The number of carbonyl (C=O) groups is 2. The van der Waals surface area contributed by atoms with E-state index in [1.54, 1.807) is 0 Å². The molecule has 1 N–H and O–H groups in total. The third-order valence-corrected chi connectivity index (χ3v) is 14.9. The van der Waals surface area contributed by atoms with E-state index in [-0.39, 0.29) is 24.1 Å². The number of nitrogens with one attached hydrogen (secondary N) is 1. The lowest BCUT2D eigenvalue weighted by Crippen LogP contribution is -2.21. The third-order valence-electron chi connectivity index (χ3n) is 13.2. The van der Waals surface area contributed by atoms with E-state index < -0.39 is 7.75 Å². The van der Waals surface area contributed by atoms with Crippen molar-refractivity contribution in [2.75, 3.05) is 40.4 Å². The van der Waals surface area contributed by atoms with E-state index in [0.29, 0.717) is 32.6 Å². The van der Waals surface area contributed by atoms with Crippen LogP contribution in [0.1, 0.15) is 278 Å². The topological polar surface area (TPSA) is 103 Å². The Hall–Kier alpha value is -0.990. The van der Waals surface area contributed by atoms with Gasteiger partial charge >= 0.3 is 19.7 Å². The van der Waals surface area contributed by atoms with Gasteiger partial charge in [0.25, 0.3) is 0 Å². The first-order valence-corrected chi connectivity index (χ1v) is 29.4. The maximum Gasteiger partial charge on any atom is 0.405 e. The minimum absolute atomic E-state index is 0.0257. The van der Waals surface area contributed by atoms with Gasteiger partial charge in [-0.15, -0.1) is 0 Å². The van der Waals surface area contributed by atoms with E-state index >= 15 is 0 Å². The summed E-state index contributed by atoms with van der Waals surface area (Å²) in [6.07, 6.45) is 44.2. The van der Waals surface area contributed by atoms with Crippen molar-refractivity contribution in [3.05, 3.63) is 0 Å². The molecule has 9 nitrogen and oxygen atoms in total. The van der Waals surface area contributed by atoms with Gasteiger partial charge in [0, 0.05) is 19.4 Å². The molecule has 4 atom stereocenters. The van der Waals surface area contributed by atoms with Crippen molar-refractivity contribution in [2.24, 2.45) is 5.92 Å². The van der Waals surface area contributed by atoms with Crippen LogP contribution in [0.2, 0.25) is 0 Å². The lowest BCUT2D eigenvalue weighted by atomic mass is 9.95. The molecule has 1 fully saturated rings. The first-order chi connectivity index (χ1) is 31.2. The number of unbranched alkanes of at least 4 members (excludes halogenated alkanes) is 10. The van der Waals surface area contributed by atoms with Crippen LogP contribution in [0.5, 0.6) is 0 Å². The van der Waals surface area contributed by atoms with Gasteiger partial charge in [-0.2, -0.15) is 0 Å². The van der Waals surface area contributed by atoms with Crippen molar-refractivity contribution in [1.29, 1.82) is 0 Å². The molecule has 10 heteroatoms. The van der Waals surface area contributed by atoms with E-state index in [0.717, 1.165) is 134 Å². The van der Waals surface area contributed by atoms with Crippen molar-refractivity contribution < 1.29 is 32.7 Å². The van der Waals surface area contributed by atoms with Crippen molar-refractivity contribution in [1.82, 2.24) is 9.99 Å². The average molecular weight is 927 g/mol. The number of nitrogens with zero attached hydrogens (tertiary/aromatic N) is 1. The summed E-state index contributed by atoms with van der Waals surface area (Å²) >= 11 is 0. The Bertz CT molecular complexity index is 1090. The molecule has 380 valence electrons. The van der Waals surface area contributed by atoms with Crippen LogP contribution in [-0.4, -0.2) is 69.4 Å². The Morgan fingerprint density at radius 2 is 0.875 bits per heavy atom. The molecule has 64 heavy (non-hydrogen) atoms. The van der Waals surface area contributed by atoms with Crippen LogP contribution < -0.4 is 5.09 Å². The summed E-state index contributed by atoms with van der Waals surface area (Å²) in [5.74, 6) is 0.736. The van der Waals surface area contributed by atoms with Crippen molar-refractivity contribution in [3.63, 3.8) is 0 Å². The van der Waals surface area contributed by atoms with Crippen LogP contribution in [0.3, 0.4) is 0 Å². The number of rotatable bonds is 19. The van der Waals surface area contributed by atoms with Crippen molar-refractivity contribution >= 4 is 19.7 Å². The van der Waals surface area contributed by atoms with E-state index in [1.165, 1.54) is 122 Å². The van der Waals surface area contributed by atoms with Gasteiger partial charge in [0.05, 0.1) is 13.2 Å². The second-order valence-electron chi connectivity index (χ2n) is 20.0. The van der Waals surface area contributed by atoms with E-state index in [4.69, 9.17) is 18.5 Å². The molecule has 0 bridgehead atoms. The van der Waals surface area contributed by atoms with Gasteiger partial charge in [-0.05, 0) is 110 Å². The van der Waals surface area contributed by atoms with Gasteiger partial charge in [0.2, 0.25) is 0 Å². The fraction of sp³-hybridized carbons (Fsp3) is 0.963. The summed E-state index contributed by atoms with van der Waals surface area (Å²) in [5.41, 5.74) is 0. The Kier molecular flexibility index (Phi) is 42.4. The highest BCUT2D eigenvalue weighted by Crippen LogP contribution is 2.44. The van der Waals surface area contributed by atoms with Gasteiger partial charge in [0.15, 0.2) is 0 Å². The van der Waals surface area contributed by atoms with E-state index in [2.05, 4.69) is 30.8 Å². The molecule has 0 radical (unpaired) electrons. The SMILES string of the molecule is CCCCCCCCC1CCCCCCCC(C)CCCCCCC(CCCCCCCC)OC(=O)CCCCCCCOP(=O)(NCCCN(C)C)OCCCCCCCC(=O)O1. The summed E-state index contributed by atoms with van der Waals surface area (Å²) in [6, 6.07) is 0. The minimum atomic E-state index is -3.41. The summed E-state index contributed by atoms with van der Waals surface area (Å²) in [6.45, 7) is 9.19. The normalized spacial score (nSPS) is 24.7. The van der Waals surface area contributed by atoms with Crippen LogP contribution in [0.25, 0.3) is 0 Å². The fourth-order valence-electron chi connectivity index (χ4n) is 8.99. The number of esters is 2. The lowest BCUT2D eigenvalue weighted by molar-refractivity contribution is -0.151. The van der Waals surface area contributed by atoms with Gasteiger partial charge in [0.1, 0.15) is 12.2 Å². The van der Waals surface area contributed by atoms with Crippen LogP contribution in [0.4, 0.5) is 0 Å². The number of hydrogen-bond donors (Lipinski definition) is 1. The van der Waals surface area contributed by atoms with Crippen LogP contribution >= 0.6 is 7.75 Å². The molecule has 1 saturated heterocycles. The van der Waals surface area contributed by atoms with Crippen LogP contribution in [0.15, 0.2) is 0 Å². The first-order valence-electron chi connectivity index (χ1n) is 27.8. The van der Waals surface area contributed by atoms with Gasteiger partial charge in [-0.3, -0.25) is 18.6 Å². The second-order valence-corrected chi connectivity index (χ2v) is 21.9. The highest BCUT2D eigenvalue weighted by molar-refractivity contribution is 7.51.